The van der Waals surface area contributed by atoms with Crippen molar-refractivity contribution in [2.24, 2.45) is 0 Å². The minimum atomic E-state index is -0.671. The average Bonchev–Trinajstić information content (AvgIpc) is 3.42. The van der Waals surface area contributed by atoms with E-state index in [0.29, 0.717) is 36.7 Å². The molecule has 47 heavy (non-hydrogen) atoms. The first-order valence-corrected chi connectivity index (χ1v) is 15.9. The van der Waals surface area contributed by atoms with Gasteiger partial charge >= 0.3 is 5.97 Å². The molecular formula is C38H37N3O6. The molecule has 9 heteroatoms. The van der Waals surface area contributed by atoms with E-state index in [1.807, 2.05) is 19.1 Å². The Bertz CT molecular complexity index is 1660. The molecule has 240 valence electrons. The lowest BCUT2D eigenvalue weighted by molar-refractivity contribution is -0.123. The summed E-state index contributed by atoms with van der Waals surface area (Å²) in [6.45, 7) is 4.81. The molecule has 4 aromatic rings. The van der Waals surface area contributed by atoms with Crippen molar-refractivity contribution in [1.82, 2.24) is 9.80 Å². The maximum Gasteiger partial charge on any atom is 0.338 e. The third-order valence-electron chi connectivity index (χ3n) is 8.69. The van der Waals surface area contributed by atoms with Crippen LogP contribution in [0.25, 0.3) is 0 Å². The molecule has 1 unspecified atom stereocenters. The van der Waals surface area contributed by atoms with Gasteiger partial charge in [0.15, 0.2) is 12.4 Å². The smallest absolute Gasteiger partial charge is 0.338 e. The second kappa shape index (κ2) is 14.5. The van der Waals surface area contributed by atoms with Crippen LogP contribution >= 0.6 is 0 Å². The van der Waals surface area contributed by atoms with Gasteiger partial charge in [-0.1, -0.05) is 60.7 Å². The van der Waals surface area contributed by atoms with Crippen molar-refractivity contribution in [3.8, 4) is 5.75 Å². The van der Waals surface area contributed by atoms with Crippen LogP contribution in [0.5, 0.6) is 5.75 Å². The van der Waals surface area contributed by atoms with E-state index in [9.17, 15) is 19.2 Å². The zero-order chi connectivity index (χ0) is 32.8. The highest BCUT2D eigenvalue weighted by atomic mass is 16.5. The molecule has 9 nitrogen and oxygen atoms in total. The van der Waals surface area contributed by atoms with Gasteiger partial charge in [0.1, 0.15) is 5.75 Å². The minimum Gasteiger partial charge on any atom is -0.494 e. The van der Waals surface area contributed by atoms with Gasteiger partial charge in [0, 0.05) is 31.7 Å². The fourth-order valence-corrected chi connectivity index (χ4v) is 6.31. The van der Waals surface area contributed by atoms with Crippen molar-refractivity contribution < 1.29 is 28.7 Å². The molecule has 0 bridgehead atoms. The molecule has 0 N–H and O–H groups in total. The zero-order valence-corrected chi connectivity index (χ0v) is 26.3. The van der Waals surface area contributed by atoms with Crippen LogP contribution in [-0.2, 0) is 14.3 Å². The monoisotopic (exact) mass is 631 g/mol. The lowest BCUT2D eigenvalue weighted by Gasteiger charge is -2.41. The minimum absolute atomic E-state index is 0.104. The number of rotatable bonds is 11. The summed E-state index contributed by atoms with van der Waals surface area (Å²) in [7, 11) is 0. The van der Waals surface area contributed by atoms with Gasteiger partial charge in [0.25, 0.3) is 5.91 Å². The second-order valence-corrected chi connectivity index (χ2v) is 11.6. The van der Waals surface area contributed by atoms with E-state index in [1.54, 1.807) is 36.4 Å². The molecule has 2 heterocycles. The molecule has 0 aromatic heterocycles. The van der Waals surface area contributed by atoms with Gasteiger partial charge in [-0.05, 0) is 66.6 Å². The third kappa shape index (κ3) is 7.16. The Labute approximate surface area is 274 Å². The van der Waals surface area contributed by atoms with Gasteiger partial charge < -0.3 is 9.47 Å². The molecule has 0 spiro atoms. The Morgan fingerprint density at radius 3 is 1.89 bits per heavy atom. The molecule has 6 rings (SSSR count). The number of carbonyl (C=O) groups excluding carboxylic acids is 4. The number of esters is 1. The van der Waals surface area contributed by atoms with Gasteiger partial charge in [-0.3, -0.25) is 24.2 Å². The molecule has 0 radical (unpaired) electrons. The number of amides is 2. The molecule has 2 aliphatic heterocycles. The highest BCUT2D eigenvalue weighted by molar-refractivity contribution is 6.22. The lowest BCUT2D eigenvalue weighted by Crippen LogP contribution is -2.53. The normalized spacial score (nSPS) is 17.2. The average molecular weight is 632 g/mol. The maximum absolute atomic E-state index is 13.6. The van der Waals surface area contributed by atoms with E-state index < -0.39 is 18.6 Å². The number of hydrogen-bond acceptors (Lipinski definition) is 8. The summed E-state index contributed by atoms with van der Waals surface area (Å²) in [5, 5.41) is 0. The summed E-state index contributed by atoms with van der Waals surface area (Å²) in [5.74, 6) is -0.892. The Kier molecular flexibility index (Phi) is 9.85. The Hall–Kier alpha value is -5.12. The van der Waals surface area contributed by atoms with E-state index >= 15 is 0 Å². The highest BCUT2D eigenvalue weighted by Gasteiger charge is 2.44. The summed E-state index contributed by atoms with van der Waals surface area (Å²) in [4.78, 5) is 57.6. The number of ether oxygens (including phenoxy) is 2. The molecule has 2 saturated heterocycles. The Morgan fingerprint density at radius 2 is 1.32 bits per heavy atom. The molecular weight excluding hydrogens is 594 g/mol. The van der Waals surface area contributed by atoms with Gasteiger partial charge in [-0.2, -0.15) is 0 Å². The van der Waals surface area contributed by atoms with Gasteiger partial charge in [0.2, 0.25) is 5.91 Å². The van der Waals surface area contributed by atoms with Gasteiger partial charge in [-0.25, -0.2) is 9.69 Å². The number of hydrogen-bond donors (Lipinski definition) is 0. The lowest BCUT2D eigenvalue weighted by atomic mass is 9.96. The van der Waals surface area contributed by atoms with E-state index in [1.165, 1.54) is 28.2 Å². The first kappa shape index (κ1) is 31.8. The summed E-state index contributed by atoms with van der Waals surface area (Å²) in [6, 6.07) is 33.2. The summed E-state index contributed by atoms with van der Waals surface area (Å²) in [5.41, 5.74) is 3.46. The largest absolute Gasteiger partial charge is 0.494 e. The quantitative estimate of drug-likeness (QED) is 0.127. The summed E-state index contributed by atoms with van der Waals surface area (Å²) < 4.78 is 10.6. The van der Waals surface area contributed by atoms with Crippen LogP contribution in [0.15, 0.2) is 109 Å². The topological polar surface area (TPSA) is 96.5 Å². The molecule has 4 aromatic carbocycles. The molecule has 2 amide bonds. The first-order chi connectivity index (χ1) is 22.9. The molecule has 0 saturated carbocycles. The van der Waals surface area contributed by atoms with E-state index in [0.717, 1.165) is 13.1 Å². The van der Waals surface area contributed by atoms with Crippen molar-refractivity contribution in [1.29, 1.82) is 0 Å². The van der Waals surface area contributed by atoms with E-state index in [4.69, 9.17) is 9.47 Å². The third-order valence-corrected chi connectivity index (χ3v) is 8.69. The van der Waals surface area contributed by atoms with Crippen LogP contribution in [0.4, 0.5) is 5.69 Å². The predicted octanol–water partition coefficient (Wildman–Crippen LogP) is 5.16. The SMILES string of the molecule is CCOc1ccc(C(=O)COC(=O)c2ccc(N3C(=O)CC(N4CCN(C(c5ccccc5)c5ccccc5)CC4)C3=O)cc2)cc1. The molecule has 1 atom stereocenters. The maximum atomic E-state index is 13.6. The molecule has 2 aliphatic rings. The van der Waals surface area contributed by atoms with E-state index in [2.05, 4.69) is 58.3 Å². The number of anilines is 1. The Balaban J connectivity index is 1.05. The van der Waals surface area contributed by atoms with Crippen molar-refractivity contribution >= 4 is 29.3 Å². The fraction of sp³-hybridized carbons (Fsp3) is 0.263. The number of imide groups is 1. The van der Waals surface area contributed by atoms with Crippen LogP contribution in [0.3, 0.4) is 0 Å². The molecule has 2 fully saturated rings. The molecule has 0 aliphatic carbocycles. The van der Waals surface area contributed by atoms with Crippen molar-refractivity contribution in [3.63, 3.8) is 0 Å². The zero-order valence-electron chi connectivity index (χ0n) is 26.3. The number of Topliss-reactive ketones (excluding diaryl/α,β-unsaturated/α-hetero) is 1. The number of carbonyl (C=O) groups is 4. The van der Waals surface area contributed by atoms with E-state index in [-0.39, 0.29) is 35.6 Å². The number of piperazine rings is 1. The van der Waals surface area contributed by atoms with Crippen LogP contribution in [0.1, 0.15) is 51.2 Å². The first-order valence-electron chi connectivity index (χ1n) is 15.9. The predicted molar refractivity (Wildman–Crippen MR) is 177 cm³/mol. The Morgan fingerprint density at radius 1 is 0.745 bits per heavy atom. The van der Waals surface area contributed by atoms with Crippen molar-refractivity contribution in [3.05, 3.63) is 131 Å². The van der Waals surface area contributed by atoms with Gasteiger partial charge in [-0.15, -0.1) is 0 Å². The van der Waals surface area contributed by atoms with Crippen molar-refractivity contribution in [2.75, 3.05) is 44.3 Å². The summed E-state index contributed by atoms with van der Waals surface area (Å²) in [6.07, 6.45) is 0.108. The number of ketones is 1. The summed E-state index contributed by atoms with van der Waals surface area (Å²) >= 11 is 0. The van der Waals surface area contributed by atoms with Crippen LogP contribution < -0.4 is 9.64 Å². The van der Waals surface area contributed by atoms with Crippen LogP contribution in [0.2, 0.25) is 0 Å². The number of benzene rings is 4. The second-order valence-electron chi connectivity index (χ2n) is 11.6. The standard InChI is InChI=1S/C38H37N3O6/c1-2-46-32-19-15-27(16-20-32)34(42)26-47-38(45)30-13-17-31(18-14-30)41-35(43)25-33(37(41)44)39-21-23-40(24-22-39)36(28-9-5-3-6-10-28)29-11-7-4-8-12-29/h3-20,33,36H,2,21-26H2,1H3. The van der Waals surface area contributed by atoms with Crippen LogP contribution in [0, 0.1) is 0 Å². The van der Waals surface area contributed by atoms with Crippen molar-refractivity contribution in [2.45, 2.75) is 25.4 Å². The fourth-order valence-electron chi connectivity index (χ4n) is 6.31. The van der Waals surface area contributed by atoms with Gasteiger partial charge in [0.05, 0.1) is 36.4 Å². The number of nitrogens with zero attached hydrogens (tertiary/aromatic N) is 3. The van der Waals surface area contributed by atoms with Crippen LogP contribution in [-0.4, -0.2) is 78.8 Å². The highest BCUT2D eigenvalue weighted by Crippen LogP contribution is 2.32.